The second kappa shape index (κ2) is 6.67. The molecule has 0 saturated heterocycles. The first kappa shape index (κ1) is 19.9. The summed E-state index contributed by atoms with van der Waals surface area (Å²) in [6, 6.07) is 38.2. The molecule has 0 amide bonds. The largest absolute Gasteiger partial charge is 0.344 e. The van der Waals surface area contributed by atoms with Gasteiger partial charge in [-0.15, -0.1) is 0 Å². The minimum atomic E-state index is -0.00722. The number of aromatic nitrogens is 2. The average molecular weight is 463 g/mol. The van der Waals surface area contributed by atoms with Crippen LogP contribution in [0, 0.1) is 0 Å². The molecule has 2 heterocycles. The maximum atomic E-state index is 2.46. The van der Waals surface area contributed by atoms with Gasteiger partial charge in [0.15, 0.2) is 0 Å². The van der Waals surface area contributed by atoms with Gasteiger partial charge in [0.25, 0.3) is 0 Å². The van der Waals surface area contributed by atoms with E-state index in [1.165, 1.54) is 71.6 Å². The van der Waals surface area contributed by atoms with Crippen LogP contribution in [0.1, 0.15) is 25.0 Å². The van der Waals surface area contributed by atoms with Crippen LogP contribution in [0.15, 0.2) is 103 Å². The Hall–Kier alpha value is -4.30. The Kier molecular flexibility index (Phi) is 3.70. The lowest BCUT2D eigenvalue weighted by molar-refractivity contribution is 0.661. The third-order valence-electron chi connectivity index (χ3n) is 8.53. The highest BCUT2D eigenvalue weighted by Gasteiger charge is 2.35. The van der Waals surface area contributed by atoms with Crippen molar-refractivity contribution in [2.75, 3.05) is 0 Å². The Morgan fingerprint density at radius 1 is 0.500 bits per heavy atom. The van der Waals surface area contributed by atoms with Gasteiger partial charge in [0, 0.05) is 50.7 Å². The van der Waals surface area contributed by atoms with Crippen LogP contribution in [0.2, 0.25) is 0 Å². The predicted octanol–water partition coefficient (Wildman–Crippen LogP) is 8.73. The van der Waals surface area contributed by atoms with Gasteiger partial charge in [-0.25, -0.2) is 0 Å². The highest BCUT2D eigenvalue weighted by Crippen LogP contribution is 2.50. The van der Waals surface area contributed by atoms with E-state index in [-0.39, 0.29) is 5.41 Å². The molecule has 2 aromatic heterocycles. The van der Waals surface area contributed by atoms with Crippen molar-refractivity contribution in [3.8, 4) is 16.8 Å². The molecule has 0 bridgehead atoms. The van der Waals surface area contributed by atoms with Gasteiger partial charge >= 0.3 is 0 Å². The molecule has 1 aliphatic carbocycles. The van der Waals surface area contributed by atoms with Gasteiger partial charge in [-0.2, -0.15) is 0 Å². The second-order valence-corrected chi connectivity index (χ2v) is 10.7. The van der Waals surface area contributed by atoms with Gasteiger partial charge in [-0.1, -0.05) is 74.5 Å². The van der Waals surface area contributed by atoms with E-state index < -0.39 is 0 Å². The van der Waals surface area contributed by atoms with Crippen molar-refractivity contribution in [1.82, 2.24) is 9.13 Å². The zero-order valence-corrected chi connectivity index (χ0v) is 20.7. The Labute approximate surface area is 210 Å². The standard InChI is InChI=1S/C34H26N2/c1-34(2)28-13-7-4-10-22(28)25-20-33-27(19-29(25)34)26-18-21(16-17-30(26)35(33)3)36-31-14-8-5-11-23(31)24-12-6-9-15-32(24)36/h4-20H,1-3H3. The average Bonchev–Trinajstić information content (AvgIpc) is 3.47. The van der Waals surface area contributed by atoms with E-state index >= 15 is 0 Å². The van der Waals surface area contributed by atoms with Crippen LogP contribution in [0.4, 0.5) is 0 Å². The Morgan fingerprint density at radius 3 is 1.89 bits per heavy atom. The summed E-state index contributed by atoms with van der Waals surface area (Å²) in [4.78, 5) is 0. The molecule has 2 heteroatoms. The number of para-hydroxylation sites is 2. The fourth-order valence-corrected chi connectivity index (χ4v) is 6.73. The van der Waals surface area contributed by atoms with E-state index in [1.54, 1.807) is 0 Å². The second-order valence-electron chi connectivity index (χ2n) is 10.7. The molecule has 8 rings (SSSR count). The maximum absolute atomic E-state index is 2.46. The number of benzene rings is 5. The van der Waals surface area contributed by atoms with Crippen LogP contribution in [0.5, 0.6) is 0 Å². The van der Waals surface area contributed by atoms with E-state index in [2.05, 4.69) is 133 Å². The molecule has 2 nitrogen and oxygen atoms in total. The van der Waals surface area contributed by atoms with Gasteiger partial charge in [-0.3, -0.25) is 0 Å². The summed E-state index contributed by atoms with van der Waals surface area (Å²) >= 11 is 0. The molecule has 0 atom stereocenters. The summed E-state index contributed by atoms with van der Waals surface area (Å²) < 4.78 is 4.77. The number of aryl methyl sites for hydroxylation is 1. The van der Waals surface area contributed by atoms with Crippen LogP contribution >= 0.6 is 0 Å². The molecule has 0 unspecified atom stereocenters. The maximum Gasteiger partial charge on any atom is 0.0541 e. The number of nitrogens with zero attached hydrogens (tertiary/aromatic N) is 2. The van der Waals surface area contributed by atoms with Crippen molar-refractivity contribution in [1.29, 1.82) is 0 Å². The summed E-state index contributed by atoms with van der Waals surface area (Å²) in [7, 11) is 2.20. The zero-order valence-electron chi connectivity index (χ0n) is 20.7. The van der Waals surface area contributed by atoms with E-state index in [9.17, 15) is 0 Å². The Balaban J connectivity index is 1.45. The van der Waals surface area contributed by atoms with Crippen molar-refractivity contribution >= 4 is 43.6 Å². The van der Waals surface area contributed by atoms with Gasteiger partial charge < -0.3 is 9.13 Å². The molecule has 0 N–H and O–H groups in total. The third-order valence-corrected chi connectivity index (χ3v) is 8.53. The van der Waals surface area contributed by atoms with Gasteiger partial charge in [0.05, 0.1) is 11.0 Å². The van der Waals surface area contributed by atoms with Crippen molar-refractivity contribution in [2.24, 2.45) is 7.05 Å². The topological polar surface area (TPSA) is 9.86 Å². The molecule has 0 saturated carbocycles. The minimum absolute atomic E-state index is 0.00722. The van der Waals surface area contributed by atoms with Crippen molar-refractivity contribution in [2.45, 2.75) is 19.3 Å². The Bertz CT molecular complexity index is 1980. The molecular formula is C34H26N2. The highest BCUT2D eigenvalue weighted by atomic mass is 15.0. The van der Waals surface area contributed by atoms with E-state index in [4.69, 9.17) is 0 Å². The molecule has 0 radical (unpaired) electrons. The summed E-state index contributed by atoms with van der Waals surface area (Å²) in [5.74, 6) is 0. The fraction of sp³-hybridized carbons (Fsp3) is 0.118. The molecule has 36 heavy (non-hydrogen) atoms. The van der Waals surface area contributed by atoms with Crippen LogP contribution in [0.3, 0.4) is 0 Å². The predicted molar refractivity (Wildman–Crippen MR) is 152 cm³/mol. The van der Waals surface area contributed by atoms with Crippen LogP contribution < -0.4 is 0 Å². The van der Waals surface area contributed by atoms with Gasteiger partial charge in [0.1, 0.15) is 0 Å². The van der Waals surface area contributed by atoms with E-state index in [1.807, 2.05) is 0 Å². The van der Waals surface area contributed by atoms with E-state index in [0.717, 1.165) is 0 Å². The van der Waals surface area contributed by atoms with Crippen molar-refractivity contribution in [3.05, 3.63) is 114 Å². The normalized spacial score (nSPS) is 14.2. The third kappa shape index (κ3) is 2.37. The summed E-state index contributed by atoms with van der Waals surface area (Å²) in [6.07, 6.45) is 0. The highest BCUT2D eigenvalue weighted by molar-refractivity contribution is 6.12. The number of hydrogen-bond donors (Lipinski definition) is 0. The molecule has 0 fully saturated rings. The Morgan fingerprint density at radius 2 is 1.14 bits per heavy atom. The first-order valence-corrected chi connectivity index (χ1v) is 12.7. The smallest absolute Gasteiger partial charge is 0.0541 e. The van der Waals surface area contributed by atoms with Gasteiger partial charge in [-0.05, 0) is 64.7 Å². The monoisotopic (exact) mass is 462 g/mol. The van der Waals surface area contributed by atoms with Crippen LogP contribution in [0.25, 0.3) is 60.4 Å². The minimum Gasteiger partial charge on any atom is -0.344 e. The van der Waals surface area contributed by atoms with Crippen LogP contribution in [-0.2, 0) is 12.5 Å². The molecule has 1 aliphatic rings. The molecule has 0 spiro atoms. The lowest BCUT2D eigenvalue weighted by atomic mass is 9.82. The first-order chi connectivity index (χ1) is 17.5. The quantitative estimate of drug-likeness (QED) is 0.231. The van der Waals surface area contributed by atoms with Gasteiger partial charge in [0.2, 0.25) is 0 Å². The van der Waals surface area contributed by atoms with E-state index in [0.29, 0.717) is 0 Å². The first-order valence-electron chi connectivity index (χ1n) is 12.7. The lowest BCUT2D eigenvalue weighted by Crippen LogP contribution is -2.14. The lowest BCUT2D eigenvalue weighted by Gasteiger charge is -2.21. The molecular weight excluding hydrogens is 436 g/mol. The molecule has 172 valence electrons. The number of rotatable bonds is 1. The summed E-state index contributed by atoms with van der Waals surface area (Å²) in [6.45, 7) is 4.72. The summed E-state index contributed by atoms with van der Waals surface area (Å²) in [5, 5.41) is 5.23. The number of hydrogen-bond acceptors (Lipinski definition) is 0. The SMILES string of the molecule is Cn1c2ccc(-n3c4ccccc4c4ccccc43)cc2c2cc3c(cc21)-c1ccccc1C3(C)C. The fourth-order valence-electron chi connectivity index (χ4n) is 6.73. The molecule has 0 aliphatic heterocycles. The molecule has 5 aromatic carbocycles. The summed E-state index contributed by atoms with van der Waals surface area (Å²) in [5.41, 5.74) is 11.8. The number of fused-ring (bicyclic) bond motifs is 9. The van der Waals surface area contributed by atoms with Crippen molar-refractivity contribution < 1.29 is 0 Å². The molecule has 7 aromatic rings. The van der Waals surface area contributed by atoms with Crippen LogP contribution in [-0.4, -0.2) is 9.13 Å². The van der Waals surface area contributed by atoms with Crippen molar-refractivity contribution in [3.63, 3.8) is 0 Å². The zero-order chi connectivity index (χ0) is 24.2.